The van der Waals surface area contributed by atoms with Crippen molar-refractivity contribution in [3.8, 4) is 0 Å². The average molecular weight is 229 g/mol. The quantitative estimate of drug-likeness (QED) is 0.588. The zero-order valence-electron chi connectivity index (χ0n) is 9.72. The van der Waals surface area contributed by atoms with Crippen LogP contribution < -0.4 is 4.90 Å². The van der Waals surface area contributed by atoms with E-state index in [2.05, 4.69) is 20.9 Å². The summed E-state index contributed by atoms with van der Waals surface area (Å²) < 4.78 is 0. The maximum absolute atomic E-state index is 10.5. The van der Waals surface area contributed by atoms with Gasteiger partial charge in [0.1, 0.15) is 11.4 Å². The minimum atomic E-state index is -0.312. The normalized spacial score (nSPS) is 21.1. The highest BCUT2D eigenvalue weighted by molar-refractivity contribution is 5.55. The molecule has 0 atom stereocenters. The van der Waals surface area contributed by atoms with Crippen LogP contribution in [0.3, 0.4) is 0 Å². The molecule has 3 rings (SSSR count). The smallest absolute Gasteiger partial charge is 0.235 e. The summed E-state index contributed by atoms with van der Waals surface area (Å²) in [4.78, 5) is 21.3. The third kappa shape index (κ3) is 1.75. The van der Waals surface area contributed by atoms with Gasteiger partial charge in [0.2, 0.25) is 6.08 Å². The first-order valence-corrected chi connectivity index (χ1v) is 6.15. The van der Waals surface area contributed by atoms with Gasteiger partial charge in [-0.1, -0.05) is 6.07 Å². The van der Waals surface area contributed by atoms with Crippen LogP contribution in [0.15, 0.2) is 23.3 Å². The topological polar surface area (TPSA) is 45.6 Å². The van der Waals surface area contributed by atoms with Gasteiger partial charge in [-0.2, -0.15) is 4.99 Å². The molecule has 2 fully saturated rings. The fourth-order valence-corrected chi connectivity index (χ4v) is 2.59. The molecular formula is C13H15N3O. The Labute approximate surface area is 100 Å². The Morgan fingerprint density at radius 3 is 2.76 bits per heavy atom. The largest absolute Gasteiger partial charge is 0.356 e. The minimum absolute atomic E-state index is 0.312. The Morgan fingerprint density at radius 1 is 1.35 bits per heavy atom. The first-order chi connectivity index (χ1) is 8.36. The molecule has 0 radical (unpaired) electrons. The van der Waals surface area contributed by atoms with Crippen LogP contribution in [-0.2, 0) is 10.3 Å². The summed E-state index contributed by atoms with van der Waals surface area (Å²) >= 11 is 0. The monoisotopic (exact) mass is 229 g/mol. The summed E-state index contributed by atoms with van der Waals surface area (Å²) in [5, 5.41) is 0. The number of rotatable bonds is 3. The first kappa shape index (κ1) is 10.5. The summed E-state index contributed by atoms with van der Waals surface area (Å²) in [6.07, 6.45) is 7.86. The molecule has 1 saturated carbocycles. The van der Waals surface area contributed by atoms with Crippen molar-refractivity contribution in [3.05, 3.63) is 23.9 Å². The maximum atomic E-state index is 10.5. The molecule has 0 N–H and O–H groups in total. The number of nitrogens with zero attached hydrogens (tertiary/aromatic N) is 3. The summed E-state index contributed by atoms with van der Waals surface area (Å²) in [6, 6.07) is 3.98. The zero-order valence-corrected chi connectivity index (χ0v) is 9.72. The highest BCUT2D eigenvalue weighted by Crippen LogP contribution is 2.51. The first-order valence-electron chi connectivity index (χ1n) is 6.15. The van der Waals surface area contributed by atoms with Gasteiger partial charge in [0.15, 0.2) is 0 Å². The zero-order chi connectivity index (χ0) is 11.7. The Hall–Kier alpha value is -1.67. The molecule has 0 bridgehead atoms. The van der Waals surface area contributed by atoms with Crippen molar-refractivity contribution in [2.75, 3.05) is 18.0 Å². The summed E-state index contributed by atoms with van der Waals surface area (Å²) in [6.45, 7) is 2.12. The van der Waals surface area contributed by atoms with E-state index in [4.69, 9.17) is 0 Å². The summed E-state index contributed by atoms with van der Waals surface area (Å²) in [5.74, 6) is 1.02. The highest BCUT2D eigenvalue weighted by atomic mass is 16.1. The molecule has 17 heavy (non-hydrogen) atoms. The van der Waals surface area contributed by atoms with Gasteiger partial charge in [-0.3, -0.25) is 0 Å². The number of hydrogen-bond acceptors (Lipinski definition) is 4. The molecule has 88 valence electrons. The highest BCUT2D eigenvalue weighted by Gasteiger charge is 2.47. The Kier molecular flexibility index (Phi) is 2.45. The number of pyridine rings is 1. The molecule has 0 unspecified atom stereocenters. The molecule has 0 aromatic carbocycles. The lowest BCUT2D eigenvalue weighted by molar-refractivity contribution is 0.556. The van der Waals surface area contributed by atoms with Crippen LogP contribution in [0.2, 0.25) is 0 Å². The second-order valence-electron chi connectivity index (χ2n) is 4.80. The molecule has 0 spiro atoms. The van der Waals surface area contributed by atoms with Crippen LogP contribution in [0.25, 0.3) is 0 Å². The van der Waals surface area contributed by atoms with E-state index in [0.29, 0.717) is 0 Å². The second kappa shape index (κ2) is 3.97. The van der Waals surface area contributed by atoms with E-state index in [0.717, 1.165) is 37.3 Å². The summed E-state index contributed by atoms with van der Waals surface area (Å²) in [5.41, 5.74) is 0.791. The van der Waals surface area contributed by atoms with Crippen LogP contribution in [0.5, 0.6) is 0 Å². The van der Waals surface area contributed by atoms with Gasteiger partial charge >= 0.3 is 0 Å². The van der Waals surface area contributed by atoms with Crippen molar-refractivity contribution < 1.29 is 4.79 Å². The van der Waals surface area contributed by atoms with Crippen molar-refractivity contribution in [2.24, 2.45) is 4.99 Å². The lowest BCUT2D eigenvalue weighted by Crippen LogP contribution is -2.22. The average Bonchev–Trinajstić information content (AvgIpc) is 2.94. The Morgan fingerprint density at radius 2 is 2.12 bits per heavy atom. The second-order valence-corrected chi connectivity index (χ2v) is 4.80. The number of hydrogen-bond donors (Lipinski definition) is 0. The number of isocyanates is 1. The van der Waals surface area contributed by atoms with E-state index in [1.165, 1.54) is 12.8 Å². The molecule has 1 aromatic heterocycles. The third-order valence-corrected chi connectivity index (χ3v) is 3.68. The van der Waals surface area contributed by atoms with Crippen molar-refractivity contribution in [3.63, 3.8) is 0 Å². The van der Waals surface area contributed by atoms with Crippen molar-refractivity contribution in [1.29, 1.82) is 0 Å². The van der Waals surface area contributed by atoms with Crippen LogP contribution in [-0.4, -0.2) is 24.2 Å². The summed E-state index contributed by atoms with van der Waals surface area (Å²) in [7, 11) is 0. The predicted molar refractivity (Wildman–Crippen MR) is 64.7 cm³/mol. The number of aliphatic imine (C=N–C) groups is 1. The standard InChI is InChI=1S/C13H15N3O/c17-10-15-13(5-6-13)11-4-3-7-14-12(11)16-8-1-2-9-16/h3-4,7H,1-2,5-6,8-9H2. The third-order valence-electron chi connectivity index (χ3n) is 3.68. The van der Waals surface area contributed by atoms with E-state index in [9.17, 15) is 4.79 Å². The molecule has 2 heterocycles. The molecule has 0 amide bonds. The molecule has 1 aromatic rings. The van der Waals surface area contributed by atoms with Gasteiger partial charge in [0.25, 0.3) is 0 Å². The van der Waals surface area contributed by atoms with Gasteiger partial charge < -0.3 is 4.90 Å². The molecule has 1 saturated heterocycles. The SMILES string of the molecule is O=C=NC1(c2cccnc2N2CCCC2)CC1. The molecule has 2 aliphatic rings. The number of carbonyl (C=O) groups excluding carboxylic acids is 1. The van der Waals surface area contributed by atoms with Crippen molar-refractivity contribution >= 4 is 11.9 Å². The molecular weight excluding hydrogens is 214 g/mol. The van der Waals surface area contributed by atoms with Gasteiger partial charge in [-0.25, -0.2) is 9.78 Å². The number of anilines is 1. The Balaban J connectivity index is 2.01. The maximum Gasteiger partial charge on any atom is 0.235 e. The van der Waals surface area contributed by atoms with E-state index in [1.807, 2.05) is 12.3 Å². The predicted octanol–water partition coefficient (Wildman–Crippen LogP) is 2.01. The fourth-order valence-electron chi connectivity index (χ4n) is 2.59. The van der Waals surface area contributed by atoms with Crippen LogP contribution in [0.1, 0.15) is 31.2 Å². The van der Waals surface area contributed by atoms with Gasteiger partial charge in [0.05, 0.1) is 0 Å². The van der Waals surface area contributed by atoms with Gasteiger partial charge in [-0.05, 0) is 31.7 Å². The van der Waals surface area contributed by atoms with Crippen LogP contribution in [0.4, 0.5) is 5.82 Å². The van der Waals surface area contributed by atoms with Crippen LogP contribution >= 0.6 is 0 Å². The lowest BCUT2D eigenvalue weighted by atomic mass is 10.1. The van der Waals surface area contributed by atoms with E-state index >= 15 is 0 Å². The minimum Gasteiger partial charge on any atom is -0.356 e. The number of aromatic nitrogens is 1. The van der Waals surface area contributed by atoms with E-state index < -0.39 is 0 Å². The van der Waals surface area contributed by atoms with Crippen LogP contribution in [0, 0.1) is 0 Å². The lowest BCUT2D eigenvalue weighted by Gasteiger charge is -2.22. The van der Waals surface area contributed by atoms with E-state index in [1.54, 1.807) is 6.08 Å². The Bertz CT molecular complexity index is 469. The molecule has 1 aliphatic carbocycles. The van der Waals surface area contributed by atoms with Crippen molar-refractivity contribution in [2.45, 2.75) is 31.2 Å². The van der Waals surface area contributed by atoms with Crippen molar-refractivity contribution in [1.82, 2.24) is 4.98 Å². The van der Waals surface area contributed by atoms with Gasteiger partial charge in [-0.15, -0.1) is 0 Å². The van der Waals surface area contributed by atoms with E-state index in [-0.39, 0.29) is 5.54 Å². The van der Waals surface area contributed by atoms with Gasteiger partial charge in [0, 0.05) is 24.8 Å². The molecule has 1 aliphatic heterocycles. The molecule has 4 heteroatoms. The molecule has 4 nitrogen and oxygen atoms in total. The fraction of sp³-hybridized carbons (Fsp3) is 0.538.